The third kappa shape index (κ3) is 2.76. The minimum atomic E-state index is -0.183. The number of rotatable bonds is 4. The van der Waals surface area contributed by atoms with Crippen LogP contribution in [0.25, 0.3) is 0 Å². The van der Waals surface area contributed by atoms with Crippen molar-refractivity contribution in [2.45, 2.75) is 19.4 Å². The van der Waals surface area contributed by atoms with Crippen LogP contribution < -0.4 is 15.2 Å². The SMILES string of the molecule is COc1cc(N)c(C(=O)N2CCC(C)C2CO)cc1OC. The quantitative estimate of drug-likeness (QED) is 0.813. The molecule has 0 radical (unpaired) electrons. The molecule has 116 valence electrons. The van der Waals surface area contributed by atoms with E-state index < -0.39 is 0 Å². The summed E-state index contributed by atoms with van der Waals surface area (Å²) in [6.07, 6.45) is 0.879. The lowest BCUT2D eigenvalue weighted by molar-refractivity contribution is 0.0649. The van der Waals surface area contributed by atoms with E-state index >= 15 is 0 Å². The molecule has 21 heavy (non-hydrogen) atoms. The second-order valence-electron chi connectivity index (χ2n) is 5.31. The van der Waals surface area contributed by atoms with Crippen molar-refractivity contribution >= 4 is 11.6 Å². The maximum atomic E-state index is 12.7. The Labute approximate surface area is 124 Å². The van der Waals surface area contributed by atoms with Crippen LogP contribution in [-0.2, 0) is 0 Å². The summed E-state index contributed by atoms with van der Waals surface area (Å²) >= 11 is 0. The van der Waals surface area contributed by atoms with Gasteiger partial charge in [-0.15, -0.1) is 0 Å². The Bertz CT molecular complexity index is 533. The Balaban J connectivity index is 2.35. The molecule has 0 spiro atoms. The van der Waals surface area contributed by atoms with Crippen LogP contribution in [0.2, 0.25) is 0 Å². The van der Waals surface area contributed by atoms with Crippen molar-refractivity contribution in [1.29, 1.82) is 0 Å². The van der Waals surface area contributed by atoms with Crippen molar-refractivity contribution in [2.24, 2.45) is 5.92 Å². The number of carbonyl (C=O) groups excluding carboxylic acids is 1. The molecular formula is C15H22N2O4. The van der Waals surface area contributed by atoms with Gasteiger partial charge in [-0.1, -0.05) is 6.92 Å². The van der Waals surface area contributed by atoms with Crippen molar-refractivity contribution in [3.63, 3.8) is 0 Å². The standard InChI is InChI=1S/C15H22N2O4/c1-9-4-5-17(12(9)8-18)15(19)10-6-13(20-2)14(21-3)7-11(10)16/h6-7,9,12,18H,4-5,8,16H2,1-3H3. The molecule has 1 aliphatic rings. The average molecular weight is 294 g/mol. The van der Waals surface area contributed by atoms with Gasteiger partial charge in [0.1, 0.15) is 0 Å². The number of hydrogen-bond acceptors (Lipinski definition) is 5. The van der Waals surface area contributed by atoms with Gasteiger partial charge in [0.05, 0.1) is 32.4 Å². The van der Waals surface area contributed by atoms with E-state index in [1.807, 2.05) is 6.92 Å². The summed E-state index contributed by atoms with van der Waals surface area (Å²) in [4.78, 5) is 14.4. The molecule has 1 saturated heterocycles. The number of hydrogen-bond donors (Lipinski definition) is 2. The first-order valence-corrected chi connectivity index (χ1v) is 6.96. The normalized spacial score (nSPS) is 21.4. The average Bonchev–Trinajstić information content (AvgIpc) is 2.86. The van der Waals surface area contributed by atoms with Crippen LogP contribution >= 0.6 is 0 Å². The summed E-state index contributed by atoms with van der Waals surface area (Å²) in [6.45, 7) is 2.62. The first-order chi connectivity index (χ1) is 10.0. The molecule has 1 heterocycles. The molecule has 0 saturated carbocycles. The first-order valence-electron chi connectivity index (χ1n) is 6.96. The predicted molar refractivity (Wildman–Crippen MR) is 79.6 cm³/mol. The van der Waals surface area contributed by atoms with E-state index in [0.29, 0.717) is 29.3 Å². The first kappa shape index (κ1) is 15.4. The van der Waals surface area contributed by atoms with Crippen molar-refractivity contribution in [3.8, 4) is 11.5 Å². The lowest BCUT2D eigenvalue weighted by Gasteiger charge is -2.26. The minimum absolute atomic E-state index is 0.0416. The maximum absolute atomic E-state index is 12.7. The summed E-state index contributed by atoms with van der Waals surface area (Å²) in [5.41, 5.74) is 6.68. The van der Waals surface area contributed by atoms with E-state index in [1.54, 1.807) is 17.0 Å². The number of amides is 1. The maximum Gasteiger partial charge on any atom is 0.256 e. The van der Waals surface area contributed by atoms with E-state index in [0.717, 1.165) is 6.42 Å². The number of methoxy groups -OCH3 is 2. The van der Waals surface area contributed by atoms with Gasteiger partial charge in [0.2, 0.25) is 0 Å². The Morgan fingerprint density at radius 2 is 2.00 bits per heavy atom. The molecule has 1 amide bonds. The van der Waals surface area contributed by atoms with E-state index in [9.17, 15) is 9.90 Å². The lowest BCUT2D eigenvalue weighted by Crippen LogP contribution is -2.40. The van der Waals surface area contributed by atoms with E-state index in [4.69, 9.17) is 15.2 Å². The van der Waals surface area contributed by atoms with Crippen LogP contribution in [0, 0.1) is 5.92 Å². The van der Waals surface area contributed by atoms with Gasteiger partial charge in [0.15, 0.2) is 11.5 Å². The van der Waals surface area contributed by atoms with Crippen molar-refractivity contribution in [1.82, 2.24) is 4.90 Å². The Hall–Kier alpha value is -1.95. The van der Waals surface area contributed by atoms with E-state index in [2.05, 4.69) is 0 Å². The molecule has 2 rings (SSSR count). The molecule has 0 aromatic heterocycles. The van der Waals surface area contributed by atoms with Crippen LogP contribution in [0.15, 0.2) is 12.1 Å². The molecule has 0 aliphatic carbocycles. The van der Waals surface area contributed by atoms with Gasteiger partial charge in [0, 0.05) is 18.3 Å². The fourth-order valence-corrected chi connectivity index (χ4v) is 2.77. The fraction of sp³-hybridized carbons (Fsp3) is 0.533. The summed E-state index contributed by atoms with van der Waals surface area (Å²) in [7, 11) is 3.03. The van der Waals surface area contributed by atoms with Crippen LogP contribution in [-0.4, -0.2) is 49.3 Å². The molecule has 2 unspecified atom stereocenters. The predicted octanol–water partition coefficient (Wildman–Crippen LogP) is 1.13. The Morgan fingerprint density at radius 1 is 1.38 bits per heavy atom. The van der Waals surface area contributed by atoms with Gasteiger partial charge in [-0.3, -0.25) is 4.79 Å². The van der Waals surface area contributed by atoms with Gasteiger partial charge < -0.3 is 25.2 Å². The topological polar surface area (TPSA) is 85.0 Å². The molecule has 1 aromatic rings. The highest BCUT2D eigenvalue weighted by molar-refractivity contribution is 6.00. The second-order valence-corrected chi connectivity index (χ2v) is 5.31. The summed E-state index contributed by atoms with van der Waals surface area (Å²) < 4.78 is 10.4. The van der Waals surface area contributed by atoms with E-state index in [1.165, 1.54) is 14.2 Å². The van der Waals surface area contributed by atoms with Gasteiger partial charge in [-0.05, 0) is 18.4 Å². The fourth-order valence-electron chi connectivity index (χ4n) is 2.77. The number of nitrogen functional groups attached to an aromatic ring is 1. The third-order valence-corrected chi connectivity index (χ3v) is 4.12. The molecular weight excluding hydrogens is 272 g/mol. The number of nitrogens with zero attached hydrogens (tertiary/aromatic N) is 1. The molecule has 3 N–H and O–H groups in total. The van der Waals surface area contributed by atoms with Gasteiger partial charge in [-0.25, -0.2) is 0 Å². The molecule has 1 fully saturated rings. The van der Waals surface area contributed by atoms with Crippen LogP contribution in [0.1, 0.15) is 23.7 Å². The molecule has 6 heteroatoms. The summed E-state index contributed by atoms with van der Waals surface area (Å²) in [5, 5.41) is 9.49. The molecule has 2 atom stereocenters. The van der Waals surface area contributed by atoms with Crippen molar-refractivity contribution in [3.05, 3.63) is 17.7 Å². The van der Waals surface area contributed by atoms with Crippen LogP contribution in [0.3, 0.4) is 0 Å². The largest absolute Gasteiger partial charge is 0.493 e. The lowest BCUT2D eigenvalue weighted by atomic mass is 10.0. The number of likely N-dealkylation sites (tertiary alicyclic amines) is 1. The summed E-state index contributed by atoms with van der Waals surface area (Å²) in [6, 6.07) is 3.01. The zero-order chi connectivity index (χ0) is 15.6. The zero-order valence-corrected chi connectivity index (χ0v) is 12.6. The number of benzene rings is 1. The highest BCUT2D eigenvalue weighted by atomic mass is 16.5. The van der Waals surface area contributed by atoms with Crippen molar-refractivity contribution in [2.75, 3.05) is 33.1 Å². The van der Waals surface area contributed by atoms with Gasteiger partial charge in [0.25, 0.3) is 5.91 Å². The number of carbonyl (C=O) groups is 1. The second kappa shape index (κ2) is 6.22. The Kier molecular flexibility index (Phi) is 4.57. The molecule has 0 bridgehead atoms. The number of ether oxygens (including phenoxy) is 2. The summed E-state index contributed by atoms with van der Waals surface area (Å²) in [5.74, 6) is 1.04. The van der Waals surface area contributed by atoms with Crippen molar-refractivity contribution < 1.29 is 19.4 Å². The zero-order valence-electron chi connectivity index (χ0n) is 12.6. The van der Waals surface area contributed by atoms with Gasteiger partial charge >= 0.3 is 0 Å². The van der Waals surface area contributed by atoms with Crippen LogP contribution in [0.4, 0.5) is 5.69 Å². The molecule has 1 aromatic carbocycles. The smallest absolute Gasteiger partial charge is 0.256 e. The van der Waals surface area contributed by atoms with Crippen LogP contribution in [0.5, 0.6) is 11.5 Å². The van der Waals surface area contributed by atoms with E-state index in [-0.39, 0.29) is 24.5 Å². The number of anilines is 1. The third-order valence-electron chi connectivity index (χ3n) is 4.12. The molecule has 6 nitrogen and oxygen atoms in total. The number of nitrogens with two attached hydrogens (primary N) is 1. The number of aliphatic hydroxyl groups excluding tert-OH is 1. The molecule has 1 aliphatic heterocycles. The Morgan fingerprint density at radius 3 is 2.57 bits per heavy atom. The minimum Gasteiger partial charge on any atom is -0.493 e. The highest BCUT2D eigenvalue weighted by Gasteiger charge is 2.35. The monoisotopic (exact) mass is 294 g/mol. The van der Waals surface area contributed by atoms with Gasteiger partial charge in [-0.2, -0.15) is 0 Å². The highest BCUT2D eigenvalue weighted by Crippen LogP contribution is 2.34. The number of aliphatic hydroxyl groups is 1.